The van der Waals surface area contributed by atoms with Crippen molar-refractivity contribution in [3.63, 3.8) is 0 Å². The van der Waals surface area contributed by atoms with Crippen molar-refractivity contribution < 1.29 is 27.1 Å². The Bertz CT molecular complexity index is 1070. The van der Waals surface area contributed by atoms with Gasteiger partial charge in [0.25, 0.3) is 0 Å². The van der Waals surface area contributed by atoms with Gasteiger partial charge in [-0.3, -0.25) is 4.79 Å². The molecule has 2 aromatic carbocycles. The van der Waals surface area contributed by atoms with Gasteiger partial charge >= 0.3 is 0 Å². The lowest BCUT2D eigenvalue weighted by Gasteiger charge is -2.18. The number of sulfonamides is 1. The Hall–Kier alpha value is -2.65. The molecule has 1 saturated carbocycles. The highest BCUT2D eigenvalue weighted by atomic mass is 32.2. The topological polar surface area (TPSA) is 93.7 Å². The zero-order valence-electron chi connectivity index (χ0n) is 19.8. The Kier molecular flexibility index (Phi) is 8.90. The minimum atomic E-state index is -3.45. The third kappa shape index (κ3) is 7.43. The first kappa shape index (κ1) is 26.0. The summed E-state index contributed by atoms with van der Waals surface area (Å²) in [4.78, 5) is 12.6. The van der Waals surface area contributed by atoms with Gasteiger partial charge in [-0.1, -0.05) is 25.1 Å². The summed E-state index contributed by atoms with van der Waals surface area (Å²) < 4.78 is 50.9. The first-order valence-electron chi connectivity index (χ1n) is 11.5. The lowest BCUT2D eigenvalue weighted by Crippen LogP contribution is -2.48. The molecule has 0 aliphatic heterocycles. The van der Waals surface area contributed by atoms with E-state index in [0.717, 1.165) is 24.0 Å². The Balaban J connectivity index is 1.52. The van der Waals surface area contributed by atoms with Gasteiger partial charge in [0.05, 0.1) is 19.5 Å². The monoisotopic (exact) mass is 492 g/mol. The van der Waals surface area contributed by atoms with E-state index in [9.17, 15) is 17.6 Å². The van der Waals surface area contributed by atoms with Gasteiger partial charge in [-0.15, -0.1) is 0 Å². The molecule has 0 heterocycles. The van der Waals surface area contributed by atoms with E-state index in [1.165, 1.54) is 12.1 Å². The molecule has 2 atom stereocenters. The molecule has 3 rings (SSSR count). The number of halogens is 1. The Morgan fingerprint density at radius 1 is 1.15 bits per heavy atom. The van der Waals surface area contributed by atoms with E-state index >= 15 is 0 Å². The molecule has 9 heteroatoms. The molecule has 1 aliphatic rings. The SMILES string of the molecule is CCS(=O)(=O)N[C@H](C(=O)NCCc1ccc(OCC(C)c2ccc(F)cc2)c(OC)c1)C1CC1. The van der Waals surface area contributed by atoms with Gasteiger partial charge in [0, 0.05) is 12.5 Å². The molecule has 1 fully saturated rings. The molecule has 1 unspecified atom stereocenters. The maximum atomic E-state index is 13.1. The Labute approximate surface area is 201 Å². The fourth-order valence-electron chi connectivity index (χ4n) is 3.60. The molecule has 1 aliphatic carbocycles. The second-order valence-electron chi connectivity index (χ2n) is 8.63. The minimum absolute atomic E-state index is 0.0552. The molecule has 0 aromatic heterocycles. The molecule has 0 saturated heterocycles. The molecule has 186 valence electrons. The van der Waals surface area contributed by atoms with E-state index in [0.29, 0.717) is 31.1 Å². The van der Waals surface area contributed by atoms with Crippen molar-refractivity contribution in [1.29, 1.82) is 0 Å². The number of rotatable bonds is 13. The second-order valence-corrected chi connectivity index (χ2v) is 10.7. The smallest absolute Gasteiger partial charge is 0.238 e. The molecular weight excluding hydrogens is 459 g/mol. The van der Waals surface area contributed by atoms with Crippen LogP contribution in [0.5, 0.6) is 11.5 Å². The minimum Gasteiger partial charge on any atom is -0.493 e. The van der Waals surface area contributed by atoms with E-state index in [2.05, 4.69) is 10.0 Å². The van der Waals surface area contributed by atoms with Gasteiger partial charge < -0.3 is 14.8 Å². The summed E-state index contributed by atoms with van der Waals surface area (Å²) in [5.41, 5.74) is 1.94. The summed E-state index contributed by atoms with van der Waals surface area (Å²) in [5.74, 6) is 0.714. The summed E-state index contributed by atoms with van der Waals surface area (Å²) in [6.45, 7) is 4.34. The van der Waals surface area contributed by atoms with Gasteiger partial charge in [-0.05, 0) is 67.5 Å². The first-order valence-corrected chi connectivity index (χ1v) is 13.2. The van der Waals surface area contributed by atoms with Crippen LogP contribution in [0.1, 0.15) is 43.7 Å². The molecule has 2 aromatic rings. The molecule has 34 heavy (non-hydrogen) atoms. The maximum absolute atomic E-state index is 13.1. The van der Waals surface area contributed by atoms with Crippen LogP contribution >= 0.6 is 0 Å². The summed E-state index contributed by atoms with van der Waals surface area (Å²) in [7, 11) is -1.88. The van der Waals surface area contributed by atoms with Gasteiger partial charge in [0.15, 0.2) is 11.5 Å². The number of nitrogens with one attached hydrogen (secondary N) is 2. The van der Waals surface area contributed by atoms with Crippen LogP contribution in [0.3, 0.4) is 0 Å². The average Bonchev–Trinajstić information content (AvgIpc) is 3.67. The predicted octanol–water partition coefficient (Wildman–Crippen LogP) is 3.39. The fourth-order valence-corrected chi connectivity index (χ4v) is 4.45. The number of amides is 1. The predicted molar refractivity (Wildman–Crippen MR) is 129 cm³/mol. The van der Waals surface area contributed by atoms with Gasteiger partial charge in [-0.2, -0.15) is 0 Å². The third-order valence-corrected chi connectivity index (χ3v) is 7.30. The molecule has 2 N–H and O–H groups in total. The van der Waals surface area contributed by atoms with E-state index in [1.807, 2.05) is 25.1 Å². The van der Waals surface area contributed by atoms with Crippen molar-refractivity contribution in [1.82, 2.24) is 10.0 Å². The highest BCUT2D eigenvalue weighted by Gasteiger charge is 2.38. The summed E-state index contributed by atoms with van der Waals surface area (Å²) >= 11 is 0. The fraction of sp³-hybridized carbons (Fsp3) is 0.480. The Morgan fingerprint density at radius 2 is 1.85 bits per heavy atom. The van der Waals surface area contributed by atoms with E-state index in [1.54, 1.807) is 26.2 Å². The zero-order chi connectivity index (χ0) is 24.7. The number of carbonyl (C=O) groups is 1. The van der Waals surface area contributed by atoms with Crippen molar-refractivity contribution in [2.45, 2.75) is 45.1 Å². The number of hydrogen-bond acceptors (Lipinski definition) is 5. The molecule has 1 amide bonds. The maximum Gasteiger partial charge on any atom is 0.238 e. The van der Waals surface area contributed by atoms with Crippen LogP contribution < -0.4 is 19.5 Å². The largest absolute Gasteiger partial charge is 0.493 e. The molecular formula is C25H33FN2O5S. The van der Waals surface area contributed by atoms with Crippen LogP contribution in [0.2, 0.25) is 0 Å². The second kappa shape index (κ2) is 11.7. The number of carbonyl (C=O) groups excluding carboxylic acids is 1. The summed E-state index contributed by atoms with van der Waals surface area (Å²) in [6.07, 6.45) is 2.26. The number of ether oxygens (including phenoxy) is 2. The lowest BCUT2D eigenvalue weighted by molar-refractivity contribution is -0.123. The number of methoxy groups -OCH3 is 1. The van der Waals surface area contributed by atoms with Crippen molar-refractivity contribution in [2.24, 2.45) is 5.92 Å². The number of benzene rings is 2. The molecule has 0 radical (unpaired) electrons. The quantitative estimate of drug-likeness (QED) is 0.447. The standard InChI is InChI=1S/C25H33FN2O5S/c1-4-34(30,31)28-24(20-6-7-20)25(29)27-14-13-18-5-12-22(23(15-18)32-3)33-16-17(2)19-8-10-21(26)11-9-19/h5,8-12,15,17,20,24,28H,4,6-7,13-14,16H2,1-3H3,(H,27,29)/t17?,24-/m0/s1. The van der Waals surface area contributed by atoms with Gasteiger partial charge in [-0.25, -0.2) is 17.5 Å². The highest BCUT2D eigenvalue weighted by Crippen LogP contribution is 2.33. The van der Waals surface area contributed by atoms with Gasteiger partial charge in [0.1, 0.15) is 11.9 Å². The normalized spacial score (nSPS) is 15.4. The van der Waals surface area contributed by atoms with Crippen LogP contribution in [-0.2, 0) is 21.2 Å². The van der Waals surface area contributed by atoms with Crippen LogP contribution in [0.4, 0.5) is 4.39 Å². The molecule has 7 nitrogen and oxygen atoms in total. The van der Waals surface area contributed by atoms with E-state index in [-0.39, 0.29) is 29.3 Å². The molecule has 0 spiro atoms. The van der Waals surface area contributed by atoms with E-state index in [4.69, 9.17) is 9.47 Å². The van der Waals surface area contributed by atoms with Crippen LogP contribution in [0.15, 0.2) is 42.5 Å². The van der Waals surface area contributed by atoms with Crippen molar-refractivity contribution >= 4 is 15.9 Å². The zero-order valence-corrected chi connectivity index (χ0v) is 20.7. The van der Waals surface area contributed by atoms with Crippen molar-refractivity contribution in [2.75, 3.05) is 26.0 Å². The van der Waals surface area contributed by atoms with Gasteiger partial charge in [0.2, 0.25) is 15.9 Å². The average molecular weight is 493 g/mol. The highest BCUT2D eigenvalue weighted by molar-refractivity contribution is 7.89. The van der Waals surface area contributed by atoms with Crippen molar-refractivity contribution in [3.8, 4) is 11.5 Å². The van der Waals surface area contributed by atoms with Crippen LogP contribution in [0.25, 0.3) is 0 Å². The summed E-state index contributed by atoms with van der Waals surface area (Å²) in [6, 6.07) is 11.3. The van der Waals surface area contributed by atoms with Crippen LogP contribution in [-0.4, -0.2) is 46.4 Å². The van der Waals surface area contributed by atoms with E-state index < -0.39 is 16.1 Å². The third-order valence-electron chi connectivity index (χ3n) is 5.93. The lowest BCUT2D eigenvalue weighted by atomic mass is 10.0. The first-order chi connectivity index (χ1) is 16.2. The number of hydrogen-bond donors (Lipinski definition) is 2. The van der Waals surface area contributed by atoms with Crippen LogP contribution in [0, 0.1) is 11.7 Å². The summed E-state index contributed by atoms with van der Waals surface area (Å²) in [5, 5.41) is 2.85. The van der Waals surface area contributed by atoms with Crippen molar-refractivity contribution in [3.05, 3.63) is 59.4 Å². The molecule has 0 bridgehead atoms. The Morgan fingerprint density at radius 3 is 2.47 bits per heavy atom.